The van der Waals surface area contributed by atoms with E-state index in [4.69, 9.17) is 0 Å². The molecule has 20 heavy (non-hydrogen) atoms. The molecule has 1 aromatic heterocycles. The summed E-state index contributed by atoms with van der Waals surface area (Å²) >= 11 is 1.85. The number of carbonyl (C=O) groups excluding carboxylic acids is 1. The lowest BCUT2D eigenvalue weighted by atomic mass is 10.1. The number of carbonyl (C=O) groups is 1. The summed E-state index contributed by atoms with van der Waals surface area (Å²) in [5, 5.41) is 1.79. The molecule has 1 aliphatic carbocycles. The van der Waals surface area contributed by atoms with Gasteiger partial charge in [0.25, 0.3) is 0 Å². The van der Waals surface area contributed by atoms with Crippen LogP contribution in [0.3, 0.4) is 0 Å². The Hall–Kier alpha value is -1.22. The molecule has 0 atom stereocenters. The van der Waals surface area contributed by atoms with E-state index in [1.807, 2.05) is 18.0 Å². The quantitative estimate of drug-likeness (QED) is 0.816. The van der Waals surface area contributed by atoms with Crippen molar-refractivity contribution in [3.05, 3.63) is 35.5 Å². The van der Waals surface area contributed by atoms with E-state index in [-0.39, 0.29) is 5.78 Å². The van der Waals surface area contributed by atoms with Gasteiger partial charge >= 0.3 is 0 Å². The second-order valence-electron chi connectivity index (χ2n) is 5.54. The molecule has 1 fully saturated rings. The van der Waals surface area contributed by atoms with Gasteiger partial charge in [-0.3, -0.25) is 4.79 Å². The minimum absolute atomic E-state index is 0.265. The number of thioether (sulfide) groups is 1. The zero-order valence-corrected chi connectivity index (χ0v) is 12.8. The lowest BCUT2D eigenvalue weighted by molar-refractivity contribution is 0.102. The van der Waals surface area contributed by atoms with Gasteiger partial charge in [-0.1, -0.05) is 38.0 Å². The largest absolute Gasteiger partial charge is 0.360 e. The Balaban J connectivity index is 1.77. The molecule has 0 radical (unpaired) electrons. The summed E-state index contributed by atoms with van der Waals surface area (Å²) in [6, 6.07) is 6.23. The van der Waals surface area contributed by atoms with Crippen LogP contribution in [0.4, 0.5) is 0 Å². The number of Topliss-reactive ketones (excluding diaryl/α,β-unsaturated/α-hetero) is 1. The van der Waals surface area contributed by atoms with E-state index in [1.54, 1.807) is 0 Å². The number of aryl methyl sites for hydroxylation is 1. The standard InChI is InChI=1S/C17H21NOS/c1-2-12-6-5-9-14-15(10-18-17(12)14)16(19)11-20-13-7-3-4-8-13/h5-6,9-10,13,18H,2-4,7-8,11H2,1H3. The minimum atomic E-state index is 0.265. The Morgan fingerprint density at radius 1 is 1.35 bits per heavy atom. The van der Waals surface area contributed by atoms with Crippen molar-refractivity contribution in [2.24, 2.45) is 0 Å². The van der Waals surface area contributed by atoms with Crippen LogP contribution in [0.25, 0.3) is 10.9 Å². The summed E-state index contributed by atoms with van der Waals surface area (Å²) in [7, 11) is 0. The van der Waals surface area contributed by atoms with E-state index in [9.17, 15) is 4.79 Å². The molecule has 106 valence electrons. The van der Waals surface area contributed by atoms with Gasteiger partial charge in [0.15, 0.2) is 5.78 Å². The number of aromatic amines is 1. The van der Waals surface area contributed by atoms with E-state index < -0.39 is 0 Å². The number of benzene rings is 1. The molecule has 2 aromatic rings. The molecular formula is C17H21NOS. The van der Waals surface area contributed by atoms with Gasteiger partial charge in [0.2, 0.25) is 0 Å². The van der Waals surface area contributed by atoms with Crippen LogP contribution in [0.1, 0.15) is 48.5 Å². The minimum Gasteiger partial charge on any atom is -0.360 e. The molecule has 1 aliphatic rings. The van der Waals surface area contributed by atoms with Gasteiger partial charge in [0.1, 0.15) is 0 Å². The summed E-state index contributed by atoms with van der Waals surface area (Å²) in [5.41, 5.74) is 3.27. The number of rotatable bonds is 5. The van der Waals surface area contributed by atoms with Crippen molar-refractivity contribution < 1.29 is 4.79 Å². The molecule has 1 aromatic carbocycles. The van der Waals surface area contributed by atoms with Crippen LogP contribution in [0.2, 0.25) is 0 Å². The van der Waals surface area contributed by atoms with Gasteiger partial charge in [-0.25, -0.2) is 0 Å². The van der Waals surface area contributed by atoms with Crippen LogP contribution in [0.15, 0.2) is 24.4 Å². The normalized spacial score (nSPS) is 16.1. The van der Waals surface area contributed by atoms with E-state index >= 15 is 0 Å². The first-order chi connectivity index (χ1) is 9.79. The lowest BCUT2D eigenvalue weighted by Gasteiger charge is -2.07. The second-order valence-corrected chi connectivity index (χ2v) is 6.82. The van der Waals surface area contributed by atoms with Gasteiger partial charge in [-0.2, -0.15) is 11.8 Å². The first-order valence-corrected chi connectivity index (χ1v) is 8.58. The highest BCUT2D eigenvalue weighted by Crippen LogP contribution is 2.30. The van der Waals surface area contributed by atoms with Crippen molar-refractivity contribution in [2.45, 2.75) is 44.3 Å². The molecule has 3 rings (SSSR count). The Labute approximate surface area is 124 Å². The van der Waals surface area contributed by atoms with Crippen molar-refractivity contribution >= 4 is 28.4 Å². The highest BCUT2D eigenvalue weighted by molar-refractivity contribution is 8.00. The predicted molar refractivity (Wildman–Crippen MR) is 86.7 cm³/mol. The molecule has 0 saturated heterocycles. The van der Waals surface area contributed by atoms with E-state index in [1.165, 1.54) is 31.2 Å². The monoisotopic (exact) mass is 287 g/mol. The average molecular weight is 287 g/mol. The van der Waals surface area contributed by atoms with Crippen LogP contribution in [0, 0.1) is 0 Å². The van der Waals surface area contributed by atoms with Gasteiger partial charge < -0.3 is 4.98 Å². The first-order valence-electron chi connectivity index (χ1n) is 7.53. The summed E-state index contributed by atoms with van der Waals surface area (Å²) < 4.78 is 0. The van der Waals surface area contributed by atoms with Gasteiger partial charge in [-0.05, 0) is 24.8 Å². The fourth-order valence-electron chi connectivity index (χ4n) is 3.07. The number of fused-ring (bicyclic) bond motifs is 1. The zero-order chi connectivity index (χ0) is 13.9. The number of para-hydroxylation sites is 1. The van der Waals surface area contributed by atoms with Crippen LogP contribution in [-0.2, 0) is 6.42 Å². The number of hydrogen-bond donors (Lipinski definition) is 1. The Morgan fingerprint density at radius 3 is 2.90 bits per heavy atom. The maximum atomic E-state index is 12.4. The van der Waals surface area contributed by atoms with Gasteiger partial charge in [-0.15, -0.1) is 0 Å². The van der Waals surface area contributed by atoms with Crippen LogP contribution in [0.5, 0.6) is 0 Å². The van der Waals surface area contributed by atoms with Crippen LogP contribution < -0.4 is 0 Å². The summed E-state index contributed by atoms with van der Waals surface area (Å²) in [6.07, 6.45) is 8.11. The van der Waals surface area contributed by atoms with Crippen molar-refractivity contribution in [3.8, 4) is 0 Å². The van der Waals surface area contributed by atoms with Crippen LogP contribution >= 0.6 is 11.8 Å². The SMILES string of the molecule is CCc1cccc2c(C(=O)CSC3CCCC3)c[nH]c12. The van der Waals surface area contributed by atoms with Crippen LogP contribution in [-0.4, -0.2) is 21.8 Å². The molecule has 1 heterocycles. The Morgan fingerprint density at radius 2 is 2.15 bits per heavy atom. The van der Waals surface area contributed by atoms with Crippen molar-refractivity contribution in [1.82, 2.24) is 4.98 Å². The third kappa shape index (κ3) is 2.64. The molecule has 3 heteroatoms. The number of H-pyrrole nitrogens is 1. The molecular weight excluding hydrogens is 266 g/mol. The molecule has 2 nitrogen and oxygen atoms in total. The number of aromatic nitrogens is 1. The van der Waals surface area contributed by atoms with Crippen molar-refractivity contribution in [2.75, 3.05) is 5.75 Å². The van der Waals surface area contributed by atoms with Crippen molar-refractivity contribution in [1.29, 1.82) is 0 Å². The average Bonchev–Trinajstić information content (AvgIpc) is 3.13. The molecule has 1 saturated carbocycles. The van der Waals surface area contributed by atoms with Gasteiger partial charge in [0.05, 0.1) is 5.75 Å². The van der Waals surface area contributed by atoms with E-state index in [0.29, 0.717) is 11.0 Å². The smallest absolute Gasteiger partial charge is 0.174 e. The summed E-state index contributed by atoms with van der Waals surface area (Å²) in [5.74, 6) is 0.884. The van der Waals surface area contributed by atoms with Gasteiger partial charge in [0, 0.05) is 27.9 Å². The summed E-state index contributed by atoms with van der Waals surface area (Å²) in [4.78, 5) is 15.7. The number of ketones is 1. The molecule has 0 aliphatic heterocycles. The lowest BCUT2D eigenvalue weighted by Crippen LogP contribution is -2.06. The predicted octanol–water partition coefficient (Wildman–Crippen LogP) is 4.59. The molecule has 1 N–H and O–H groups in total. The highest BCUT2D eigenvalue weighted by atomic mass is 32.2. The summed E-state index contributed by atoms with van der Waals surface area (Å²) in [6.45, 7) is 2.15. The third-order valence-corrected chi connectivity index (χ3v) is 5.61. The van der Waals surface area contributed by atoms with E-state index in [0.717, 1.165) is 22.9 Å². The third-order valence-electron chi connectivity index (χ3n) is 4.24. The maximum absolute atomic E-state index is 12.4. The zero-order valence-electron chi connectivity index (χ0n) is 11.9. The fourth-order valence-corrected chi connectivity index (χ4v) is 4.28. The molecule has 0 amide bonds. The Bertz CT molecular complexity index is 610. The maximum Gasteiger partial charge on any atom is 0.174 e. The highest BCUT2D eigenvalue weighted by Gasteiger charge is 2.19. The number of nitrogens with one attached hydrogen (secondary N) is 1. The van der Waals surface area contributed by atoms with E-state index in [2.05, 4.69) is 30.1 Å². The topological polar surface area (TPSA) is 32.9 Å². The first kappa shape index (κ1) is 13.7. The second kappa shape index (κ2) is 6.04. The molecule has 0 bridgehead atoms. The Kier molecular flexibility index (Phi) is 4.16. The fraction of sp³-hybridized carbons (Fsp3) is 0.471. The van der Waals surface area contributed by atoms with Crippen molar-refractivity contribution in [3.63, 3.8) is 0 Å². The molecule has 0 unspecified atom stereocenters. The molecule has 0 spiro atoms. The number of hydrogen-bond acceptors (Lipinski definition) is 2.